The maximum absolute atomic E-state index is 12.3. The maximum Gasteiger partial charge on any atom is 0.227 e. The summed E-state index contributed by atoms with van der Waals surface area (Å²) >= 11 is 3.47. The van der Waals surface area contributed by atoms with Crippen LogP contribution in [0, 0.1) is 0 Å². The van der Waals surface area contributed by atoms with Gasteiger partial charge in [-0.15, -0.1) is 5.10 Å². The van der Waals surface area contributed by atoms with Gasteiger partial charge in [-0.25, -0.2) is 0 Å². The molecule has 1 aliphatic rings. The summed E-state index contributed by atoms with van der Waals surface area (Å²) in [6.07, 6.45) is 3.50. The number of halogens is 1. The van der Waals surface area contributed by atoms with E-state index in [0.717, 1.165) is 28.6 Å². The van der Waals surface area contributed by atoms with Crippen LogP contribution in [0.3, 0.4) is 0 Å². The largest absolute Gasteiger partial charge is 0.350 e. The van der Waals surface area contributed by atoms with Crippen LogP contribution in [0.4, 0.5) is 0 Å². The highest BCUT2D eigenvalue weighted by molar-refractivity contribution is 9.10. The third-order valence-electron chi connectivity index (χ3n) is 3.75. The summed E-state index contributed by atoms with van der Waals surface area (Å²) in [5, 5.41) is 10.6. The van der Waals surface area contributed by atoms with E-state index in [-0.39, 0.29) is 11.8 Å². The van der Waals surface area contributed by atoms with Crippen molar-refractivity contribution in [1.29, 1.82) is 0 Å². The highest BCUT2D eigenvalue weighted by Crippen LogP contribution is 2.34. The van der Waals surface area contributed by atoms with Gasteiger partial charge < -0.3 is 5.32 Å². The highest BCUT2D eigenvalue weighted by atomic mass is 79.9. The Kier molecular flexibility index (Phi) is 3.56. The fourth-order valence-electron chi connectivity index (χ4n) is 2.63. The number of hydrogen-bond acceptors (Lipinski definition) is 3. The van der Waals surface area contributed by atoms with E-state index >= 15 is 0 Å². The number of hydrogen-bond donors (Lipinski definition) is 1. The summed E-state index contributed by atoms with van der Waals surface area (Å²) in [5.74, 6) is 0.0339. The molecule has 6 heteroatoms. The molecule has 1 aliphatic carbocycles. The van der Waals surface area contributed by atoms with E-state index in [4.69, 9.17) is 0 Å². The van der Waals surface area contributed by atoms with Crippen molar-refractivity contribution in [2.75, 3.05) is 0 Å². The van der Waals surface area contributed by atoms with Gasteiger partial charge >= 0.3 is 0 Å². The zero-order chi connectivity index (χ0) is 14.1. The minimum atomic E-state index is -0.0423. The lowest BCUT2D eigenvalue weighted by Gasteiger charge is -2.12. The third-order valence-corrected chi connectivity index (χ3v) is 4.24. The van der Waals surface area contributed by atoms with Gasteiger partial charge in [-0.05, 0) is 36.1 Å². The molecule has 0 aliphatic heterocycles. The van der Waals surface area contributed by atoms with Crippen molar-refractivity contribution >= 4 is 21.8 Å². The summed E-state index contributed by atoms with van der Waals surface area (Å²) in [6, 6.07) is 6.14. The van der Waals surface area contributed by atoms with Gasteiger partial charge in [0.25, 0.3) is 0 Å². The molecule has 1 amide bonds. The average molecular weight is 335 g/mol. The van der Waals surface area contributed by atoms with Crippen LogP contribution in [0.15, 0.2) is 28.9 Å². The lowest BCUT2D eigenvalue weighted by atomic mass is 10.0. The fraction of sp³-hybridized carbons (Fsp3) is 0.357. The zero-order valence-corrected chi connectivity index (χ0v) is 12.7. The van der Waals surface area contributed by atoms with Gasteiger partial charge in [-0.3, -0.25) is 9.48 Å². The van der Waals surface area contributed by atoms with Crippen LogP contribution in [0.1, 0.15) is 29.2 Å². The van der Waals surface area contributed by atoms with Crippen molar-refractivity contribution in [3.8, 4) is 0 Å². The Hall–Kier alpha value is -1.69. The summed E-state index contributed by atoms with van der Waals surface area (Å²) in [5.41, 5.74) is 3.31. The molecule has 1 atom stereocenters. The van der Waals surface area contributed by atoms with E-state index in [1.54, 1.807) is 10.9 Å². The predicted molar refractivity (Wildman–Crippen MR) is 78.1 cm³/mol. The van der Waals surface area contributed by atoms with Crippen LogP contribution in [0.25, 0.3) is 0 Å². The predicted octanol–water partition coefficient (Wildman–Crippen LogP) is 1.92. The summed E-state index contributed by atoms with van der Waals surface area (Å²) in [7, 11) is 1.82. The molecule has 104 valence electrons. The number of amides is 1. The quantitative estimate of drug-likeness (QED) is 0.932. The van der Waals surface area contributed by atoms with Crippen LogP contribution in [-0.2, 0) is 24.8 Å². The molecule has 20 heavy (non-hydrogen) atoms. The number of carbonyl (C=O) groups is 1. The third kappa shape index (κ3) is 2.47. The topological polar surface area (TPSA) is 59.8 Å². The molecule has 2 aromatic rings. The minimum Gasteiger partial charge on any atom is -0.350 e. The molecule has 0 saturated carbocycles. The van der Waals surface area contributed by atoms with Crippen LogP contribution in [0.2, 0.25) is 0 Å². The Morgan fingerprint density at radius 3 is 3.15 bits per heavy atom. The SMILES string of the molecule is Cn1nncc1CNC(=O)C1CCc2cc(Br)ccc21. The van der Waals surface area contributed by atoms with Gasteiger partial charge in [0.05, 0.1) is 24.4 Å². The van der Waals surface area contributed by atoms with Gasteiger partial charge in [0.2, 0.25) is 5.91 Å². The lowest BCUT2D eigenvalue weighted by Crippen LogP contribution is -2.28. The average Bonchev–Trinajstić information content (AvgIpc) is 3.02. The Bertz CT molecular complexity index is 652. The Balaban J connectivity index is 1.69. The molecular formula is C14H15BrN4O. The molecule has 0 spiro atoms. The molecule has 5 nitrogen and oxygen atoms in total. The smallest absolute Gasteiger partial charge is 0.227 e. The van der Waals surface area contributed by atoms with Gasteiger partial charge in [0.15, 0.2) is 0 Å². The first-order chi connectivity index (χ1) is 9.65. The maximum atomic E-state index is 12.3. The first-order valence-electron chi connectivity index (χ1n) is 6.55. The van der Waals surface area contributed by atoms with Gasteiger partial charge in [0.1, 0.15) is 0 Å². The number of nitrogens with zero attached hydrogens (tertiary/aromatic N) is 3. The van der Waals surface area contributed by atoms with Crippen LogP contribution in [0.5, 0.6) is 0 Å². The molecule has 0 bridgehead atoms. The minimum absolute atomic E-state index is 0.0423. The van der Waals surface area contributed by atoms with Gasteiger partial charge in [-0.2, -0.15) is 0 Å². The van der Waals surface area contributed by atoms with Crippen molar-refractivity contribution in [3.05, 3.63) is 45.7 Å². The van der Waals surface area contributed by atoms with Crippen molar-refractivity contribution in [2.45, 2.75) is 25.3 Å². The molecule has 1 unspecified atom stereocenters. The van der Waals surface area contributed by atoms with Crippen LogP contribution in [-0.4, -0.2) is 20.9 Å². The standard InChI is InChI=1S/C14H15BrN4O/c1-19-11(8-17-18-19)7-16-14(20)13-4-2-9-6-10(15)3-5-12(9)13/h3,5-6,8,13H,2,4,7H2,1H3,(H,16,20). The number of fused-ring (bicyclic) bond motifs is 1. The van der Waals surface area contributed by atoms with Gasteiger partial charge in [-0.1, -0.05) is 27.2 Å². The molecular weight excluding hydrogens is 320 g/mol. The Morgan fingerprint density at radius 2 is 2.40 bits per heavy atom. The number of benzene rings is 1. The summed E-state index contributed by atoms with van der Waals surface area (Å²) in [6.45, 7) is 0.463. The first kappa shape index (κ1) is 13.3. The van der Waals surface area contributed by atoms with E-state index < -0.39 is 0 Å². The molecule has 0 fully saturated rings. The monoisotopic (exact) mass is 334 g/mol. The number of aromatic nitrogens is 3. The molecule has 0 saturated heterocycles. The molecule has 1 N–H and O–H groups in total. The van der Waals surface area contributed by atoms with E-state index in [9.17, 15) is 4.79 Å². The van der Waals surface area contributed by atoms with Crippen LogP contribution >= 0.6 is 15.9 Å². The first-order valence-corrected chi connectivity index (χ1v) is 7.34. The molecule has 1 aromatic carbocycles. The molecule has 3 rings (SSSR count). The number of carbonyl (C=O) groups excluding carboxylic acids is 1. The second-order valence-corrected chi connectivity index (χ2v) is 5.92. The van der Waals surface area contributed by atoms with E-state index in [1.165, 1.54) is 5.56 Å². The second-order valence-electron chi connectivity index (χ2n) is 5.00. The normalized spacial score (nSPS) is 17.0. The number of aryl methyl sites for hydroxylation is 2. The van der Waals surface area contributed by atoms with E-state index in [0.29, 0.717) is 6.54 Å². The summed E-state index contributed by atoms with van der Waals surface area (Å²) < 4.78 is 2.73. The van der Waals surface area contributed by atoms with Gasteiger partial charge in [0, 0.05) is 11.5 Å². The van der Waals surface area contributed by atoms with Crippen molar-refractivity contribution < 1.29 is 4.79 Å². The highest BCUT2D eigenvalue weighted by Gasteiger charge is 2.28. The Labute approximate surface area is 125 Å². The molecule has 0 radical (unpaired) electrons. The van der Waals surface area contributed by atoms with Crippen LogP contribution < -0.4 is 5.32 Å². The summed E-state index contributed by atoms with van der Waals surface area (Å²) in [4.78, 5) is 12.3. The van der Waals surface area contributed by atoms with E-state index in [2.05, 4.69) is 37.6 Å². The molecule has 1 heterocycles. The van der Waals surface area contributed by atoms with E-state index in [1.807, 2.05) is 19.2 Å². The lowest BCUT2D eigenvalue weighted by molar-refractivity contribution is -0.122. The molecule has 1 aromatic heterocycles. The number of rotatable bonds is 3. The van der Waals surface area contributed by atoms with Crippen molar-refractivity contribution in [1.82, 2.24) is 20.3 Å². The fourth-order valence-corrected chi connectivity index (χ4v) is 3.04. The second kappa shape index (κ2) is 5.36. The van der Waals surface area contributed by atoms with Crippen molar-refractivity contribution in [2.24, 2.45) is 7.05 Å². The zero-order valence-electron chi connectivity index (χ0n) is 11.1. The van der Waals surface area contributed by atoms with Crippen molar-refractivity contribution in [3.63, 3.8) is 0 Å². The number of nitrogens with one attached hydrogen (secondary N) is 1. The Morgan fingerprint density at radius 1 is 1.55 bits per heavy atom.